The van der Waals surface area contributed by atoms with E-state index in [0.717, 1.165) is 31.5 Å². The van der Waals surface area contributed by atoms with Crippen molar-refractivity contribution >= 4 is 22.6 Å². The number of carboxylic acid groups (broad SMARTS) is 1. The van der Waals surface area contributed by atoms with Crippen LogP contribution in [0.1, 0.15) is 42.1 Å². The molecule has 30 heavy (non-hydrogen) atoms. The molecule has 1 aromatic carbocycles. The zero-order valence-corrected chi connectivity index (χ0v) is 16.5. The largest absolute Gasteiger partial charge is 0.492 e. The van der Waals surface area contributed by atoms with Crippen LogP contribution >= 0.6 is 0 Å². The van der Waals surface area contributed by atoms with E-state index in [1.807, 2.05) is 4.90 Å². The second-order valence-electron chi connectivity index (χ2n) is 8.70. The number of anilines is 1. The molecular weight excluding hydrogens is 396 g/mol. The molecule has 2 aromatic rings. The quantitative estimate of drug-likeness (QED) is 0.773. The van der Waals surface area contributed by atoms with Crippen molar-refractivity contribution in [2.75, 3.05) is 25.1 Å². The second kappa shape index (κ2) is 6.41. The first-order chi connectivity index (χ1) is 14.2. The number of aromatic nitrogens is 1. The summed E-state index contributed by atoms with van der Waals surface area (Å²) in [5.74, 6) is -1.73. The summed E-state index contributed by atoms with van der Waals surface area (Å²) in [6.45, 7) is 1.16. The maximum Gasteiger partial charge on any atom is 0.341 e. The van der Waals surface area contributed by atoms with Gasteiger partial charge in [-0.25, -0.2) is 13.6 Å². The topological polar surface area (TPSA) is 97.8 Å². The number of nitrogens with zero attached hydrogens (tertiary/aromatic N) is 2. The fourth-order valence-electron chi connectivity index (χ4n) is 4.77. The first-order valence-corrected chi connectivity index (χ1v) is 10.1. The van der Waals surface area contributed by atoms with E-state index in [1.54, 1.807) is 0 Å². The van der Waals surface area contributed by atoms with Crippen molar-refractivity contribution in [3.8, 4) is 5.75 Å². The van der Waals surface area contributed by atoms with Gasteiger partial charge in [-0.15, -0.1) is 0 Å². The summed E-state index contributed by atoms with van der Waals surface area (Å²) in [4.78, 5) is 26.2. The number of hydrogen-bond acceptors (Lipinski definition) is 5. The van der Waals surface area contributed by atoms with E-state index in [-0.39, 0.29) is 40.2 Å². The van der Waals surface area contributed by atoms with Gasteiger partial charge in [0.25, 0.3) is 0 Å². The van der Waals surface area contributed by atoms with E-state index >= 15 is 4.39 Å². The van der Waals surface area contributed by atoms with Crippen LogP contribution in [0, 0.1) is 11.7 Å². The number of nitrogens with two attached hydrogens (primary N) is 1. The zero-order chi connectivity index (χ0) is 21.4. The molecule has 3 fully saturated rings. The lowest BCUT2D eigenvalue weighted by atomic mass is 9.97. The number of carboxylic acids is 1. The van der Waals surface area contributed by atoms with Gasteiger partial charge < -0.3 is 25.0 Å². The lowest BCUT2D eigenvalue weighted by Crippen LogP contribution is -2.34. The number of aromatic carboxylic acids is 1. The molecule has 3 atom stereocenters. The lowest BCUT2D eigenvalue weighted by molar-refractivity contribution is 0.0694. The minimum Gasteiger partial charge on any atom is -0.492 e. The van der Waals surface area contributed by atoms with Crippen LogP contribution in [-0.2, 0) is 0 Å². The first kappa shape index (κ1) is 19.3. The Labute approximate surface area is 171 Å². The van der Waals surface area contributed by atoms with Gasteiger partial charge in [0.05, 0.1) is 24.1 Å². The van der Waals surface area contributed by atoms with Crippen molar-refractivity contribution in [2.45, 2.75) is 43.4 Å². The second-order valence-corrected chi connectivity index (χ2v) is 8.70. The maximum atomic E-state index is 15.3. The molecule has 5 rings (SSSR count). The third-order valence-corrected chi connectivity index (χ3v) is 6.82. The number of methoxy groups -OCH3 is 1. The average Bonchev–Trinajstić information content (AvgIpc) is 3.57. The molecule has 2 saturated carbocycles. The Morgan fingerprint density at radius 3 is 2.67 bits per heavy atom. The standard InChI is InChI=1S/C21H23F2N3O4/c1-30-19-16-11(18(27)12(20(28)29)9-26(16)15-7-13(15)22)6-14(23)17(19)25-5-2-10(8-25)21(24)3-4-21/h6,9-10,13,15H,2-5,7-8,24H2,1H3,(H,28,29)/t10-,13+,15-/m1/s1. The summed E-state index contributed by atoms with van der Waals surface area (Å²) in [5.41, 5.74) is 5.27. The summed E-state index contributed by atoms with van der Waals surface area (Å²) in [5, 5.41) is 9.28. The average molecular weight is 419 g/mol. The molecule has 0 spiro atoms. The van der Waals surface area contributed by atoms with Gasteiger partial charge in [-0.05, 0) is 31.2 Å². The van der Waals surface area contributed by atoms with Gasteiger partial charge in [-0.1, -0.05) is 0 Å². The van der Waals surface area contributed by atoms with Crippen LogP contribution in [0.4, 0.5) is 14.5 Å². The van der Waals surface area contributed by atoms with Gasteiger partial charge in [0, 0.05) is 31.2 Å². The third kappa shape index (κ3) is 2.79. The number of carbonyl (C=O) groups is 1. The van der Waals surface area contributed by atoms with E-state index in [9.17, 15) is 19.1 Å². The van der Waals surface area contributed by atoms with Gasteiger partial charge in [-0.3, -0.25) is 4.79 Å². The molecular formula is C21H23F2N3O4. The number of rotatable bonds is 5. The Morgan fingerprint density at radius 2 is 2.10 bits per heavy atom. The first-order valence-electron chi connectivity index (χ1n) is 10.1. The number of alkyl halides is 1. The van der Waals surface area contributed by atoms with E-state index in [4.69, 9.17) is 10.5 Å². The molecule has 3 N–H and O–H groups in total. The molecule has 0 amide bonds. The van der Waals surface area contributed by atoms with Crippen LogP contribution in [0.25, 0.3) is 10.9 Å². The summed E-state index contributed by atoms with van der Waals surface area (Å²) < 4.78 is 36.2. The molecule has 0 bridgehead atoms. The predicted octanol–water partition coefficient (Wildman–Crippen LogP) is 2.45. The molecule has 0 unspecified atom stereocenters. The molecule has 1 saturated heterocycles. The van der Waals surface area contributed by atoms with E-state index in [2.05, 4.69) is 0 Å². The van der Waals surface area contributed by atoms with Gasteiger partial charge in [-0.2, -0.15) is 0 Å². The highest BCUT2D eigenvalue weighted by molar-refractivity contribution is 5.97. The highest BCUT2D eigenvalue weighted by atomic mass is 19.1. The van der Waals surface area contributed by atoms with Gasteiger partial charge >= 0.3 is 5.97 Å². The van der Waals surface area contributed by atoms with Crippen molar-refractivity contribution in [3.63, 3.8) is 0 Å². The van der Waals surface area contributed by atoms with E-state index in [1.165, 1.54) is 11.7 Å². The SMILES string of the molecule is COc1c(N2CC[C@@H](C3(N)CC3)C2)c(F)cc2c(=O)c(C(=O)O)cn([C@@H]3C[C@@H]3F)c12. The van der Waals surface area contributed by atoms with Gasteiger partial charge in [0.15, 0.2) is 11.6 Å². The Bertz CT molecular complexity index is 1130. The summed E-state index contributed by atoms with van der Waals surface area (Å²) in [7, 11) is 1.37. The van der Waals surface area contributed by atoms with Crippen LogP contribution in [0.15, 0.2) is 17.1 Å². The molecule has 3 aliphatic rings. The third-order valence-electron chi connectivity index (χ3n) is 6.82. The monoisotopic (exact) mass is 419 g/mol. The van der Waals surface area contributed by atoms with Crippen molar-refractivity contribution in [1.82, 2.24) is 4.57 Å². The maximum absolute atomic E-state index is 15.3. The predicted molar refractivity (Wildman–Crippen MR) is 107 cm³/mol. The van der Waals surface area contributed by atoms with Crippen molar-refractivity contribution in [2.24, 2.45) is 11.7 Å². The van der Waals surface area contributed by atoms with Gasteiger partial charge in [0.2, 0.25) is 5.43 Å². The minimum atomic E-state index is -1.43. The zero-order valence-electron chi connectivity index (χ0n) is 16.5. The Hall–Kier alpha value is -2.68. The summed E-state index contributed by atoms with van der Waals surface area (Å²) in [6.07, 6.45) is 2.94. The number of benzene rings is 1. The molecule has 7 nitrogen and oxygen atoms in total. The number of ether oxygens (including phenoxy) is 1. The number of pyridine rings is 1. The smallest absolute Gasteiger partial charge is 0.341 e. The summed E-state index contributed by atoms with van der Waals surface area (Å²) >= 11 is 0. The van der Waals surface area contributed by atoms with Crippen LogP contribution in [0.5, 0.6) is 5.75 Å². The molecule has 160 valence electrons. The Morgan fingerprint density at radius 1 is 1.40 bits per heavy atom. The number of fused-ring (bicyclic) bond motifs is 1. The fourth-order valence-corrected chi connectivity index (χ4v) is 4.77. The molecule has 2 aliphatic carbocycles. The van der Waals surface area contributed by atoms with Crippen LogP contribution in [0.3, 0.4) is 0 Å². The van der Waals surface area contributed by atoms with Crippen molar-refractivity contribution in [1.29, 1.82) is 0 Å². The number of hydrogen-bond donors (Lipinski definition) is 2. The molecule has 1 aliphatic heterocycles. The van der Waals surface area contributed by atoms with Crippen molar-refractivity contribution < 1.29 is 23.4 Å². The number of halogens is 2. The molecule has 9 heteroatoms. The Kier molecular flexibility index (Phi) is 4.12. The normalized spacial score (nSPS) is 26.8. The van der Waals surface area contributed by atoms with Crippen molar-refractivity contribution in [3.05, 3.63) is 33.9 Å². The highest BCUT2D eigenvalue weighted by Gasteiger charge is 2.48. The van der Waals surface area contributed by atoms with Gasteiger partial charge in [0.1, 0.15) is 17.4 Å². The lowest BCUT2D eigenvalue weighted by Gasteiger charge is -2.25. The van der Waals surface area contributed by atoms with E-state index in [0.29, 0.717) is 13.1 Å². The highest BCUT2D eigenvalue weighted by Crippen LogP contribution is 2.48. The van der Waals surface area contributed by atoms with Crippen LogP contribution in [-0.4, -0.2) is 47.6 Å². The molecule has 2 heterocycles. The fraction of sp³-hybridized carbons (Fsp3) is 0.524. The molecule has 1 aromatic heterocycles. The summed E-state index contributed by atoms with van der Waals surface area (Å²) in [6, 6.07) is 0.444. The minimum absolute atomic E-state index is 0.125. The van der Waals surface area contributed by atoms with Crippen LogP contribution < -0.4 is 20.8 Å². The molecule has 0 radical (unpaired) electrons. The van der Waals surface area contributed by atoms with Crippen LogP contribution in [0.2, 0.25) is 0 Å². The van der Waals surface area contributed by atoms with E-state index < -0.39 is 35.0 Å². The Balaban J connectivity index is 1.71.